The highest BCUT2D eigenvalue weighted by Crippen LogP contribution is 2.18. The highest BCUT2D eigenvalue weighted by Gasteiger charge is 2.16. The molecule has 0 atom stereocenters. The van der Waals surface area contributed by atoms with Crippen molar-refractivity contribution in [2.75, 3.05) is 36.4 Å². The van der Waals surface area contributed by atoms with Crippen LogP contribution in [0.15, 0.2) is 54.6 Å². The quantitative estimate of drug-likeness (QED) is 0.788. The number of likely N-dealkylation sites (N-methyl/N-ethyl adjacent to an activating group) is 1. The van der Waals surface area contributed by atoms with Gasteiger partial charge in [0, 0.05) is 23.5 Å². The van der Waals surface area contributed by atoms with Crippen molar-refractivity contribution in [3.05, 3.63) is 60.2 Å². The summed E-state index contributed by atoms with van der Waals surface area (Å²) in [7, 11) is 0. The first kappa shape index (κ1) is 19.7. The van der Waals surface area contributed by atoms with Crippen LogP contribution in [0.1, 0.15) is 31.1 Å². The third kappa shape index (κ3) is 5.17. The van der Waals surface area contributed by atoms with E-state index < -0.39 is 0 Å². The predicted octanol–water partition coefficient (Wildman–Crippen LogP) is 3.63. The van der Waals surface area contributed by atoms with Gasteiger partial charge in [-0.25, -0.2) is 0 Å². The summed E-state index contributed by atoms with van der Waals surface area (Å²) in [6.07, 6.45) is 0. The Balaban J connectivity index is 2.04. The van der Waals surface area contributed by atoms with Crippen LogP contribution in [0.4, 0.5) is 11.4 Å². The number of carbonyl (C=O) groups excluding carboxylic acids is 2. The average molecular weight is 353 g/mol. The second-order valence-electron chi connectivity index (χ2n) is 5.97. The van der Waals surface area contributed by atoms with Crippen molar-refractivity contribution in [3.63, 3.8) is 0 Å². The Bertz CT molecular complexity index is 710. The van der Waals surface area contributed by atoms with Crippen molar-refractivity contribution in [1.29, 1.82) is 0 Å². The van der Waals surface area contributed by atoms with Gasteiger partial charge in [-0.2, -0.15) is 0 Å². The predicted molar refractivity (Wildman–Crippen MR) is 107 cm³/mol. The van der Waals surface area contributed by atoms with Crippen LogP contribution in [0.5, 0.6) is 0 Å². The molecule has 0 aliphatic rings. The second-order valence-corrected chi connectivity index (χ2v) is 5.97. The van der Waals surface area contributed by atoms with Crippen LogP contribution >= 0.6 is 0 Å². The zero-order valence-corrected chi connectivity index (χ0v) is 15.7. The Kier molecular flexibility index (Phi) is 7.36. The summed E-state index contributed by atoms with van der Waals surface area (Å²) in [4.78, 5) is 28.6. The number of amides is 2. The van der Waals surface area contributed by atoms with Crippen LogP contribution < -0.4 is 10.2 Å². The lowest BCUT2D eigenvalue weighted by atomic mass is 10.1. The molecule has 26 heavy (non-hydrogen) atoms. The van der Waals surface area contributed by atoms with Gasteiger partial charge in [-0.3, -0.25) is 14.5 Å². The van der Waals surface area contributed by atoms with E-state index in [1.165, 1.54) is 0 Å². The molecule has 0 saturated heterocycles. The maximum absolute atomic E-state index is 12.8. The summed E-state index contributed by atoms with van der Waals surface area (Å²) >= 11 is 0. The molecule has 2 rings (SSSR count). The molecule has 1 N–H and O–H groups in total. The molecule has 0 unspecified atom stereocenters. The van der Waals surface area contributed by atoms with Gasteiger partial charge in [0.05, 0.1) is 6.54 Å². The molecule has 2 amide bonds. The Morgan fingerprint density at radius 3 is 2.00 bits per heavy atom. The number of anilines is 2. The fraction of sp³-hybridized carbons (Fsp3) is 0.333. The van der Waals surface area contributed by atoms with Gasteiger partial charge < -0.3 is 10.2 Å². The fourth-order valence-corrected chi connectivity index (χ4v) is 2.75. The van der Waals surface area contributed by atoms with Crippen LogP contribution in [0, 0.1) is 0 Å². The van der Waals surface area contributed by atoms with Crippen molar-refractivity contribution < 1.29 is 9.59 Å². The molecule has 0 fully saturated rings. The maximum atomic E-state index is 12.8. The third-order valence-corrected chi connectivity index (χ3v) is 4.31. The van der Waals surface area contributed by atoms with Crippen molar-refractivity contribution in [1.82, 2.24) is 4.90 Å². The molecule has 0 spiro atoms. The Morgan fingerprint density at radius 2 is 1.46 bits per heavy atom. The number of benzene rings is 2. The zero-order chi connectivity index (χ0) is 18.9. The highest BCUT2D eigenvalue weighted by atomic mass is 16.2. The van der Waals surface area contributed by atoms with E-state index in [9.17, 15) is 9.59 Å². The standard InChI is InChI=1S/C21H27N3O2/c1-4-23(5-2)16-20(25)22-18-14-12-17(13-15-18)21(26)24(6-3)19-10-8-7-9-11-19/h7-15H,4-6,16H2,1-3H3,(H,22,25). The molecule has 2 aromatic rings. The number of nitrogens with zero attached hydrogens (tertiary/aromatic N) is 2. The molecule has 0 aliphatic carbocycles. The minimum Gasteiger partial charge on any atom is -0.325 e. The summed E-state index contributed by atoms with van der Waals surface area (Å²) in [5.74, 6) is -0.105. The molecule has 138 valence electrons. The Morgan fingerprint density at radius 1 is 0.846 bits per heavy atom. The molecule has 0 aliphatic heterocycles. The van der Waals surface area contributed by atoms with Crippen LogP contribution in [0.3, 0.4) is 0 Å². The Labute approximate surface area is 155 Å². The number of rotatable bonds is 8. The number of para-hydroxylation sites is 1. The average Bonchev–Trinajstić information content (AvgIpc) is 2.68. The summed E-state index contributed by atoms with van der Waals surface area (Å²) in [6, 6.07) is 16.6. The van der Waals surface area contributed by atoms with Gasteiger partial charge >= 0.3 is 0 Å². The molecule has 5 nitrogen and oxygen atoms in total. The highest BCUT2D eigenvalue weighted by molar-refractivity contribution is 6.06. The number of carbonyl (C=O) groups is 2. The van der Waals surface area contributed by atoms with Crippen LogP contribution in [0.25, 0.3) is 0 Å². The van der Waals surface area contributed by atoms with Crippen molar-refractivity contribution in [2.45, 2.75) is 20.8 Å². The van der Waals surface area contributed by atoms with Gasteiger partial charge in [0.15, 0.2) is 0 Å². The number of hydrogen-bond donors (Lipinski definition) is 1. The maximum Gasteiger partial charge on any atom is 0.258 e. The lowest BCUT2D eigenvalue weighted by molar-refractivity contribution is -0.117. The first-order chi connectivity index (χ1) is 12.6. The second kappa shape index (κ2) is 9.73. The third-order valence-electron chi connectivity index (χ3n) is 4.31. The normalized spacial score (nSPS) is 10.6. The Hall–Kier alpha value is -2.66. The van der Waals surface area contributed by atoms with Crippen LogP contribution in [-0.2, 0) is 4.79 Å². The van der Waals surface area contributed by atoms with Gasteiger partial charge in [-0.15, -0.1) is 0 Å². The van der Waals surface area contributed by atoms with Crippen LogP contribution in [-0.4, -0.2) is 42.9 Å². The smallest absolute Gasteiger partial charge is 0.258 e. The van der Waals surface area contributed by atoms with E-state index in [0.717, 1.165) is 18.8 Å². The SMILES string of the molecule is CCN(CC)CC(=O)Nc1ccc(C(=O)N(CC)c2ccccc2)cc1. The van der Waals surface area contributed by atoms with Gasteiger partial charge in [-0.1, -0.05) is 32.0 Å². The summed E-state index contributed by atoms with van der Waals surface area (Å²) in [6.45, 7) is 8.64. The largest absolute Gasteiger partial charge is 0.325 e. The van der Waals surface area contributed by atoms with Crippen molar-refractivity contribution in [3.8, 4) is 0 Å². The topological polar surface area (TPSA) is 52.7 Å². The van der Waals surface area contributed by atoms with Gasteiger partial charge in [-0.05, 0) is 56.4 Å². The zero-order valence-electron chi connectivity index (χ0n) is 15.7. The molecule has 0 heterocycles. The molecular formula is C21H27N3O2. The molecule has 2 aromatic carbocycles. The van der Waals surface area contributed by atoms with Gasteiger partial charge in [0.1, 0.15) is 0 Å². The van der Waals surface area contributed by atoms with Crippen molar-refractivity contribution in [2.24, 2.45) is 0 Å². The molecule has 0 bridgehead atoms. The van der Waals surface area contributed by atoms with Gasteiger partial charge in [0.2, 0.25) is 5.91 Å². The monoisotopic (exact) mass is 353 g/mol. The van der Waals surface area contributed by atoms with Gasteiger partial charge in [0.25, 0.3) is 5.91 Å². The summed E-state index contributed by atoms with van der Waals surface area (Å²) < 4.78 is 0. The lowest BCUT2D eigenvalue weighted by Gasteiger charge is -2.21. The molecule has 0 saturated carbocycles. The molecule has 5 heteroatoms. The molecular weight excluding hydrogens is 326 g/mol. The van der Waals surface area contributed by atoms with E-state index >= 15 is 0 Å². The van der Waals surface area contributed by atoms with E-state index in [4.69, 9.17) is 0 Å². The molecule has 0 aromatic heterocycles. The minimum absolute atomic E-state index is 0.0488. The molecule has 0 radical (unpaired) electrons. The summed E-state index contributed by atoms with van der Waals surface area (Å²) in [5.41, 5.74) is 2.16. The first-order valence-corrected chi connectivity index (χ1v) is 9.08. The van der Waals surface area contributed by atoms with Crippen LogP contribution in [0.2, 0.25) is 0 Å². The summed E-state index contributed by atoms with van der Waals surface area (Å²) in [5, 5.41) is 2.88. The number of nitrogens with one attached hydrogen (secondary N) is 1. The first-order valence-electron chi connectivity index (χ1n) is 9.08. The fourth-order valence-electron chi connectivity index (χ4n) is 2.75. The lowest BCUT2D eigenvalue weighted by Crippen LogP contribution is -2.33. The van der Waals surface area contributed by atoms with Crippen molar-refractivity contribution >= 4 is 23.2 Å². The van der Waals surface area contributed by atoms with E-state index in [-0.39, 0.29) is 11.8 Å². The van der Waals surface area contributed by atoms with E-state index in [1.807, 2.05) is 56.0 Å². The minimum atomic E-state index is -0.0558. The number of hydrogen-bond acceptors (Lipinski definition) is 3. The van der Waals surface area contributed by atoms with E-state index in [0.29, 0.717) is 24.3 Å². The van der Waals surface area contributed by atoms with E-state index in [1.54, 1.807) is 29.2 Å². The van der Waals surface area contributed by atoms with E-state index in [2.05, 4.69) is 5.32 Å².